The zero-order valence-electron chi connectivity index (χ0n) is 29.8. The largest absolute Gasteiger partial charge is 0.497 e. The van der Waals surface area contributed by atoms with E-state index in [1.54, 1.807) is 18.9 Å². The summed E-state index contributed by atoms with van der Waals surface area (Å²) in [6.45, 7) is 6.55. The Morgan fingerprint density at radius 1 is 0.980 bits per heavy atom. The van der Waals surface area contributed by atoms with E-state index in [0.717, 1.165) is 22.4 Å². The fraction of sp³-hybridized carbons (Fsp3) is 0.487. The van der Waals surface area contributed by atoms with Crippen LogP contribution in [0.25, 0.3) is 0 Å². The van der Waals surface area contributed by atoms with E-state index < -0.39 is 33.7 Å². The number of aliphatic hydroxyl groups excluding tert-OH is 1. The Morgan fingerprint density at radius 3 is 2.28 bits per heavy atom. The van der Waals surface area contributed by atoms with Crippen molar-refractivity contribution < 1.29 is 27.9 Å². The first-order valence-electron chi connectivity index (χ1n) is 17.7. The number of amides is 2. The molecular formula is C39H54N4O6S. The molecule has 50 heavy (non-hydrogen) atoms. The molecule has 2 amide bonds. The van der Waals surface area contributed by atoms with Crippen LogP contribution in [0.3, 0.4) is 0 Å². The van der Waals surface area contributed by atoms with Gasteiger partial charge in [0, 0.05) is 19.6 Å². The SMILES string of the molecule is CCCS(=O)(=O)N[C@]1([C@@H](C)CC)CCN([C@@H](CCc2ccccc2)C(=O)N[C@@H](Cc2ccccc2)C(O)CNCc2cccc(OC)c2)C1=O. The third-order valence-corrected chi connectivity index (χ3v) is 11.4. The number of nitrogens with one attached hydrogen (secondary N) is 3. The number of hydrogen-bond donors (Lipinski definition) is 4. The average molecular weight is 707 g/mol. The summed E-state index contributed by atoms with van der Waals surface area (Å²) in [4.78, 5) is 30.4. The number of methoxy groups -OCH3 is 1. The highest BCUT2D eigenvalue weighted by molar-refractivity contribution is 7.89. The number of benzene rings is 3. The molecule has 0 bridgehead atoms. The Labute approximate surface area is 298 Å². The summed E-state index contributed by atoms with van der Waals surface area (Å²) >= 11 is 0. The van der Waals surface area contributed by atoms with Crippen LogP contribution in [0.15, 0.2) is 84.9 Å². The van der Waals surface area contributed by atoms with Gasteiger partial charge in [0.25, 0.3) is 0 Å². The molecule has 4 N–H and O–H groups in total. The van der Waals surface area contributed by atoms with E-state index in [0.29, 0.717) is 38.6 Å². The van der Waals surface area contributed by atoms with Gasteiger partial charge in [-0.1, -0.05) is 100.0 Å². The zero-order chi connectivity index (χ0) is 36.1. The molecule has 0 saturated carbocycles. The maximum absolute atomic E-state index is 14.5. The molecule has 272 valence electrons. The van der Waals surface area contributed by atoms with E-state index in [-0.39, 0.29) is 43.0 Å². The van der Waals surface area contributed by atoms with Gasteiger partial charge in [0.1, 0.15) is 17.3 Å². The number of likely N-dealkylation sites (tertiary alicyclic amines) is 1. The van der Waals surface area contributed by atoms with Crippen molar-refractivity contribution in [3.63, 3.8) is 0 Å². The lowest BCUT2D eigenvalue weighted by Crippen LogP contribution is -2.61. The van der Waals surface area contributed by atoms with Gasteiger partial charge in [-0.25, -0.2) is 8.42 Å². The van der Waals surface area contributed by atoms with Gasteiger partial charge in [-0.2, -0.15) is 4.72 Å². The van der Waals surface area contributed by atoms with Gasteiger partial charge in [0.2, 0.25) is 21.8 Å². The molecule has 4 rings (SSSR count). The van der Waals surface area contributed by atoms with E-state index in [4.69, 9.17) is 4.74 Å². The molecule has 11 heteroatoms. The van der Waals surface area contributed by atoms with E-state index >= 15 is 0 Å². The maximum Gasteiger partial charge on any atom is 0.244 e. The van der Waals surface area contributed by atoms with E-state index in [1.165, 1.54) is 0 Å². The molecule has 1 aliphatic heterocycles. The second-order valence-corrected chi connectivity index (χ2v) is 15.2. The van der Waals surface area contributed by atoms with Crippen LogP contribution in [0.5, 0.6) is 5.75 Å². The monoisotopic (exact) mass is 706 g/mol. The topological polar surface area (TPSA) is 137 Å². The minimum Gasteiger partial charge on any atom is -0.497 e. The minimum absolute atomic E-state index is 0.0821. The molecule has 5 atom stereocenters. The van der Waals surface area contributed by atoms with Gasteiger partial charge in [-0.3, -0.25) is 9.59 Å². The molecule has 3 aromatic carbocycles. The Balaban J connectivity index is 1.59. The predicted molar refractivity (Wildman–Crippen MR) is 197 cm³/mol. The number of rotatable bonds is 20. The standard InChI is InChI=1S/C39H54N4O6S/c1-5-24-50(47,48)42-39(29(3)6-2)22-23-43(38(39)46)35(21-20-30-14-9-7-10-15-30)37(45)41-34(26-31-16-11-8-12-17-31)36(44)28-40-27-32-18-13-19-33(25-32)49-4/h7-19,25,29,34-36,40,42,44H,5-6,20-24,26-28H2,1-4H3,(H,41,45)/t29-,34-,35-,36?,39-/m0/s1. The van der Waals surface area contributed by atoms with Crippen molar-refractivity contribution in [3.05, 3.63) is 102 Å². The molecule has 10 nitrogen and oxygen atoms in total. The molecule has 1 heterocycles. The van der Waals surface area contributed by atoms with E-state index in [9.17, 15) is 23.1 Å². The summed E-state index contributed by atoms with van der Waals surface area (Å²) < 4.78 is 34.3. The number of aliphatic hydroxyl groups is 1. The van der Waals surface area contributed by atoms with E-state index in [1.807, 2.05) is 98.8 Å². The molecule has 0 aliphatic carbocycles. The van der Waals surface area contributed by atoms with Crippen LogP contribution >= 0.6 is 0 Å². The zero-order valence-corrected chi connectivity index (χ0v) is 30.6. The molecule has 1 fully saturated rings. The summed E-state index contributed by atoms with van der Waals surface area (Å²) in [6.07, 6.45) is 1.57. The summed E-state index contributed by atoms with van der Waals surface area (Å²) in [5.41, 5.74) is 1.63. The predicted octanol–water partition coefficient (Wildman–Crippen LogP) is 4.22. The number of nitrogens with zero attached hydrogens (tertiary/aromatic N) is 1. The quantitative estimate of drug-likeness (QED) is 0.138. The first-order chi connectivity index (χ1) is 24.0. The number of ether oxygens (including phenoxy) is 1. The molecule has 0 radical (unpaired) electrons. The lowest BCUT2D eigenvalue weighted by atomic mass is 9.83. The van der Waals surface area contributed by atoms with Gasteiger partial charge >= 0.3 is 0 Å². The number of hydrogen-bond acceptors (Lipinski definition) is 7. The maximum atomic E-state index is 14.5. The number of carbonyl (C=O) groups excluding carboxylic acids is 2. The van der Waals surface area contributed by atoms with Crippen LogP contribution in [-0.4, -0.2) is 79.9 Å². The Morgan fingerprint density at radius 2 is 1.64 bits per heavy atom. The first-order valence-corrected chi connectivity index (χ1v) is 19.4. The van der Waals surface area contributed by atoms with Crippen molar-refractivity contribution in [2.75, 3.05) is 26.0 Å². The third kappa shape index (κ3) is 10.4. The molecule has 1 aliphatic rings. The van der Waals surface area contributed by atoms with Crippen LogP contribution in [-0.2, 0) is 39.0 Å². The van der Waals surface area contributed by atoms with Gasteiger partial charge in [0.05, 0.1) is 25.0 Å². The second-order valence-electron chi connectivity index (χ2n) is 13.3. The van der Waals surface area contributed by atoms with Crippen molar-refractivity contribution in [2.24, 2.45) is 5.92 Å². The normalized spacial score (nSPS) is 18.7. The Kier molecular flexibility index (Phi) is 14.4. The van der Waals surface area contributed by atoms with Crippen LogP contribution in [0.1, 0.15) is 63.1 Å². The second kappa shape index (κ2) is 18.5. The smallest absolute Gasteiger partial charge is 0.244 e. The highest BCUT2D eigenvalue weighted by Gasteiger charge is 2.54. The molecule has 3 aromatic rings. The van der Waals surface area contributed by atoms with Crippen molar-refractivity contribution in [2.45, 2.75) is 89.6 Å². The van der Waals surface area contributed by atoms with Crippen LogP contribution in [0, 0.1) is 5.92 Å². The van der Waals surface area contributed by atoms with E-state index in [2.05, 4.69) is 15.4 Å². The number of sulfonamides is 1. The van der Waals surface area contributed by atoms with Gasteiger partial charge in [0.15, 0.2) is 0 Å². The summed E-state index contributed by atoms with van der Waals surface area (Å²) in [7, 11) is -2.11. The summed E-state index contributed by atoms with van der Waals surface area (Å²) in [5, 5.41) is 17.9. The van der Waals surface area contributed by atoms with Crippen molar-refractivity contribution >= 4 is 21.8 Å². The average Bonchev–Trinajstić information content (AvgIpc) is 3.43. The highest BCUT2D eigenvalue weighted by atomic mass is 32.2. The van der Waals surface area contributed by atoms with Crippen LogP contribution < -0.4 is 20.1 Å². The third-order valence-electron chi connectivity index (χ3n) is 9.79. The van der Waals surface area contributed by atoms with Gasteiger partial charge in [-0.15, -0.1) is 0 Å². The minimum atomic E-state index is -3.73. The molecule has 0 spiro atoms. The lowest BCUT2D eigenvalue weighted by molar-refractivity contribution is -0.142. The summed E-state index contributed by atoms with van der Waals surface area (Å²) in [6, 6.07) is 25.6. The number of aryl methyl sites for hydroxylation is 1. The Bertz CT molecular complexity index is 1620. The van der Waals surface area contributed by atoms with Gasteiger partial charge in [-0.05, 0) is 66.8 Å². The fourth-order valence-electron chi connectivity index (χ4n) is 6.75. The van der Waals surface area contributed by atoms with Gasteiger partial charge < -0.3 is 25.4 Å². The molecular weight excluding hydrogens is 653 g/mol. The number of carbonyl (C=O) groups is 2. The van der Waals surface area contributed by atoms with Crippen molar-refractivity contribution in [1.82, 2.24) is 20.3 Å². The Hall–Kier alpha value is -3.77. The fourth-order valence-corrected chi connectivity index (χ4v) is 8.34. The summed E-state index contributed by atoms with van der Waals surface area (Å²) in [5.74, 6) is -0.375. The van der Waals surface area contributed by atoms with Crippen molar-refractivity contribution in [3.8, 4) is 5.75 Å². The van der Waals surface area contributed by atoms with Crippen LogP contribution in [0.4, 0.5) is 0 Å². The molecule has 1 unspecified atom stereocenters. The highest BCUT2D eigenvalue weighted by Crippen LogP contribution is 2.35. The lowest BCUT2D eigenvalue weighted by Gasteiger charge is -2.36. The first kappa shape index (κ1) is 39.0. The molecule has 1 saturated heterocycles. The van der Waals surface area contributed by atoms with Crippen molar-refractivity contribution in [1.29, 1.82) is 0 Å². The van der Waals surface area contributed by atoms with Crippen LogP contribution in [0.2, 0.25) is 0 Å². The molecule has 0 aromatic heterocycles.